The van der Waals surface area contributed by atoms with Gasteiger partial charge in [0.1, 0.15) is 0 Å². The molecule has 2 rings (SSSR count). The number of nitrogens with zero attached hydrogens (tertiary/aromatic N) is 1. The van der Waals surface area contributed by atoms with Gasteiger partial charge in [0.15, 0.2) is 0 Å². The Balaban J connectivity index is 2.13. The first-order valence-corrected chi connectivity index (χ1v) is 7.60. The third-order valence-electron chi connectivity index (χ3n) is 3.19. The minimum atomic E-state index is 0.710. The lowest BCUT2D eigenvalue weighted by Gasteiger charge is -2.17. The first-order valence-electron chi connectivity index (χ1n) is 6.43. The molecule has 0 atom stereocenters. The van der Waals surface area contributed by atoms with Crippen molar-refractivity contribution in [1.29, 1.82) is 0 Å². The quantitative estimate of drug-likeness (QED) is 0.823. The van der Waals surface area contributed by atoms with Gasteiger partial charge in [-0.3, -0.25) is 0 Å². The van der Waals surface area contributed by atoms with Crippen molar-refractivity contribution in [3.63, 3.8) is 0 Å². The van der Waals surface area contributed by atoms with Crippen LogP contribution in [0.2, 0.25) is 5.02 Å². The van der Waals surface area contributed by atoms with Gasteiger partial charge >= 0.3 is 0 Å². The summed E-state index contributed by atoms with van der Waals surface area (Å²) in [4.78, 5) is 2.12. The summed E-state index contributed by atoms with van der Waals surface area (Å²) in [5, 5.41) is 4.19. The zero-order chi connectivity index (χ0) is 14.7. The van der Waals surface area contributed by atoms with Crippen molar-refractivity contribution in [2.24, 2.45) is 0 Å². The summed E-state index contributed by atoms with van der Waals surface area (Å²) in [6, 6.07) is 12.3. The van der Waals surface area contributed by atoms with Crippen LogP contribution >= 0.6 is 27.5 Å². The number of anilines is 2. The van der Waals surface area contributed by atoms with E-state index >= 15 is 0 Å². The van der Waals surface area contributed by atoms with E-state index in [1.165, 1.54) is 11.3 Å². The van der Waals surface area contributed by atoms with Gasteiger partial charge in [-0.15, -0.1) is 0 Å². The third kappa shape index (κ3) is 3.68. The van der Waals surface area contributed by atoms with E-state index in [1.54, 1.807) is 0 Å². The van der Waals surface area contributed by atoms with Crippen molar-refractivity contribution < 1.29 is 0 Å². The van der Waals surface area contributed by atoms with Crippen molar-refractivity contribution in [2.75, 3.05) is 24.3 Å². The van der Waals surface area contributed by atoms with Gasteiger partial charge in [-0.2, -0.15) is 0 Å². The van der Waals surface area contributed by atoms with Crippen molar-refractivity contribution in [3.8, 4) is 0 Å². The van der Waals surface area contributed by atoms with Crippen molar-refractivity contribution in [2.45, 2.75) is 13.5 Å². The summed E-state index contributed by atoms with van der Waals surface area (Å²) in [6.45, 7) is 2.83. The molecule has 106 valence electrons. The molecule has 20 heavy (non-hydrogen) atoms. The average Bonchev–Trinajstić information content (AvgIpc) is 2.39. The van der Waals surface area contributed by atoms with Gasteiger partial charge in [0.05, 0.1) is 0 Å². The van der Waals surface area contributed by atoms with Gasteiger partial charge in [0.2, 0.25) is 0 Å². The number of halogens is 2. The van der Waals surface area contributed by atoms with E-state index < -0.39 is 0 Å². The fourth-order valence-corrected chi connectivity index (χ4v) is 2.80. The zero-order valence-electron chi connectivity index (χ0n) is 11.9. The Bertz CT molecular complexity index is 611. The first kappa shape index (κ1) is 15.2. The number of rotatable bonds is 4. The predicted octanol–water partition coefficient (Wildman–Crippen LogP) is 5.09. The molecule has 2 aromatic carbocycles. The Hall–Kier alpha value is -1.19. The van der Waals surface area contributed by atoms with Crippen molar-refractivity contribution in [3.05, 3.63) is 57.0 Å². The van der Waals surface area contributed by atoms with Gasteiger partial charge < -0.3 is 10.2 Å². The molecule has 0 bridgehead atoms. The second-order valence-electron chi connectivity index (χ2n) is 4.98. The Kier molecular flexibility index (Phi) is 4.95. The summed E-state index contributed by atoms with van der Waals surface area (Å²) in [7, 11) is 4.11. The van der Waals surface area contributed by atoms with E-state index in [-0.39, 0.29) is 0 Å². The molecule has 0 aliphatic rings. The Morgan fingerprint density at radius 2 is 1.90 bits per heavy atom. The Morgan fingerprint density at radius 1 is 1.15 bits per heavy atom. The normalized spacial score (nSPS) is 10.4. The molecule has 2 nitrogen and oxygen atoms in total. The van der Waals surface area contributed by atoms with E-state index in [0.29, 0.717) is 6.54 Å². The molecule has 0 unspecified atom stereocenters. The Morgan fingerprint density at radius 3 is 2.55 bits per heavy atom. The number of hydrogen-bond donors (Lipinski definition) is 1. The fraction of sp³-hybridized carbons (Fsp3) is 0.250. The largest absolute Gasteiger partial charge is 0.381 e. The summed E-state index contributed by atoms with van der Waals surface area (Å²) in [6.07, 6.45) is 0. The lowest BCUT2D eigenvalue weighted by Crippen LogP contribution is -2.11. The maximum Gasteiger partial charge on any atom is 0.0467 e. The molecule has 0 saturated heterocycles. The van der Waals surface area contributed by atoms with Crippen LogP contribution in [0.3, 0.4) is 0 Å². The minimum absolute atomic E-state index is 0.710. The van der Waals surface area contributed by atoms with Crippen LogP contribution in [0.15, 0.2) is 40.9 Å². The maximum absolute atomic E-state index is 6.22. The molecule has 0 heterocycles. The van der Waals surface area contributed by atoms with Crippen LogP contribution in [0.5, 0.6) is 0 Å². The van der Waals surface area contributed by atoms with Crippen LogP contribution in [-0.4, -0.2) is 14.1 Å². The highest BCUT2D eigenvalue weighted by Gasteiger charge is 2.04. The topological polar surface area (TPSA) is 15.3 Å². The van der Waals surface area contributed by atoms with E-state index in [9.17, 15) is 0 Å². The van der Waals surface area contributed by atoms with E-state index in [1.807, 2.05) is 18.2 Å². The molecule has 0 saturated carbocycles. The lowest BCUT2D eigenvalue weighted by molar-refractivity contribution is 1.10. The van der Waals surface area contributed by atoms with Crippen LogP contribution in [0, 0.1) is 6.92 Å². The highest BCUT2D eigenvalue weighted by molar-refractivity contribution is 9.10. The second kappa shape index (κ2) is 6.51. The standard InChI is InChI=1S/C16H18BrClN2/c1-11-4-7-14(9-16(11)20(2)3)19-10-12-5-6-13(17)8-15(12)18/h4-9,19H,10H2,1-3H3. The molecule has 0 fully saturated rings. The van der Waals surface area contributed by atoms with Crippen LogP contribution < -0.4 is 10.2 Å². The number of benzene rings is 2. The summed E-state index contributed by atoms with van der Waals surface area (Å²) >= 11 is 9.64. The van der Waals surface area contributed by atoms with Crippen LogP contribution in [0.1, 0.15) is 11.1 Å². The van der Waals surface area contributed by atoms with Crippen molar-refractivity contribution in [1.82, 2.24) is 0 Å². The predicted molar refractivity (Wildman–Crippen MR) is 92.0 cm³/mol. The minimum Gasteiger partial charge on any atom is -0.381 e. The number of hydrogen-bond acceptors (Lipinski definition) is 2. The van der Waals surface area contributed by atoms with Gasteiger partial charge in [-0.25, -0.2) is 0 Å². The summed E-state index contributed by atoms with van der Waals surface area (Å²) < 4.78 is 0.997. The third-order valence-corrected chi connectivity index (χ3v) is 4.03. The average molecular weight is 354 g/mol. The van der Waals surface area contributed by atoms with Gasteiger partial charge in [0, 0.05) is 41.5 Å². The van der Waals surface area contributed by atoms with Gasteiger partial charge in [-0.05, 0) is 42.3 Å². The molecule has 0 radical (unpaired) electrons. The molecule has 0 amide bonds. The van der Waals surface area contributed by atoms with E-state index in [4.69, 9.17) is 11.6 Å². The maximum atomic E-state index is 6.22. The molecule has 0 spiro atoms. The smallest absolute Gasteiger partial charge is 0.0467 e. The van der Waals surface area contributed by atoms with Crippen LogP contribution in [0.4, 0.5) is 11.4 Å². The van der Waals surface area contributed by atoms with E-state index in [2.05, 4.69) is 65.4 Å². The molecule has 0 aliphatic heterocycles. The molecule has 0 aliphatic carbocycles. The number of nitrogens with one attached hydrogen (secondary N) is 1. The molecule has 1 N–H and O–H groups in total. The van der Waals surface area contributed by atoms with E-state index in [0.717, 1.165) is 20.7 Å². The first-order chi connectivity index (χ1) is 9.47. The Labute approximate surface area is 133 Å². The van der Waals surface area contributed by atoms with Crippen LogP contribution in [0.25, 0.3) is 0 Å². The number of aryl methyl sites for hydroxylation is 1. The lowest BCUT2D eigenvalue weighted by atomic mass is 10.1. The summed E-state index contributed by atoms with van der Waals surface area (Å²) in [5.74, 6) is 0. The monoisotopic (exact) mass is 352 g/mol. The second-order valence-corrected chi connectivity index (χ2v) is 6.31. The molecular weight excluding hydrogens is 336 g/mol. The van der Waals surface area contributed by atoms with Crippen LogP contribution in [-0.2, 0) is 6.54 Å². The summed E-state index contributed by atoms with van der Waals surface area (Å²) in [5.41, 5.74) is 4.67. The van der Waals surface area contributed by atoms with Crippen molar-refractivity contribution >= 4 is 38.9 Å². The molecular formula is C16H18BrClN2. The molecule has 0 aromatic heterocycles. The van der Waals surface area contributed by atoms with Gasteiger partial charge in [0.25, 0.3) is 0 Å². The van der Waals surface area contributed by atoms with Gasteiger partial charge in [-0.1, -0.05) is 39.7 Å². The highest BCUT2D eigenvalue weighted by atomic mass is 79.9. The zero-order valence-corrected chi connectivity index (χ0v) is 14.2. The fourth-order valence-electron chi connectivity index (χ4n) is 2.06. The SMILES string of the molecule is Cc1ccc(NCc2ccc(Br)cc2Cl)cc1N(C)C. The molecule has 4 heteroatoms. The molecule has 2 aromatic rings. The highest BCUT2D eigenvalue weighted by Crippen LogP contribution is 2.25.